The standard InChI is InChI=1S/C20H20N4O2/c1-13-11-19(23-24(13)15-3-5-16(26-2)6-4-15)22-20(25)18-12-17(18)14-7-9-21-10-8-14/h3-11,17-18H,12H2,1-2H3,(H,22,23,25)/t17-,18+/m0/s1. The first-order valence-electron chi connectivity index (χ1n) is 8.57. The minimum Gasteiger partial charge on any atom is -0.497 e. The molecule has 0 saturated heterocycles. The molecule has 2 heterocycles. The fourth-order valence-corrected chi connectivity index (χ4v) is 3.20. The quantitative estimate of drug-likeness (QED) is 0.768. The number of hydrogen-bond acceptors (Lipinski definition) is 4. The Labute approximate surface area is 151 Å². The zero-order valence-corrected chi connectivity index (χ0v) is 14.7. The molecule has 0 aliphatic heterocycles. The van der Waals surface area contributed by atoms with E-state index in [1.54, 1.807) is 19.5 Å². The maximum atomic E-state index is 12.5. The molecule has 1 fully saturated rings. The Morgan fingerprint density at radius 1 is 1.19 bits per heavy atom. The van der Waals surface area contributed by atoms with Crippen molar-refractivity contribution in [3.05, 3.63) is 66.1 Å². The van der Waals surface area contributed by atoms with Crippen LogP contribution in [-0.4, -0.2) is 27.8 Å². The fourth-order valence-electron chi connectivity index (χ4n) is 3.20. The number of hydrogen-bond donors (Lipinski definition) is 1. The Hall–Kier alpha value is -3.15. The number of nitrogens with one attached hydrogen (secondary N) is 1. The van der Waals surface area contributed by atoms with Crippen LogP contribution in [0.25, 0.3) is 5.69 Å². The molecule has 1 amide bonds. The molecule has 6 heteroatoms. The molecule has 1 saturated carbocycles. The minimum atomic E-state index is 0.00356. The number of benzene rings is 1. The predicted octanol–water partition coefficient (Wildman–Crippen LogP) is 3.33. The first kappa shape index (κ1) is 16.3. The highest BCUT2D eigenvalue weighted by molar-refractivity contribution is 5.94. The summed E-state index contributed by atoms with van der Waals surface area (Å²) in [6.07, 6.45) is 4.40. The number of ether oxygens (including phenoxy) is 1. The van der Waals surface area contributed by atoms with E-state index in [0.29, 0.717) is 5.82 Å². The van der Waals surface area contributed by atoms with Crippen molar-refractivity contribution in [1.29, 1.82) is 0 Å². The number of pyridine rings is 1. The average Bonchev–Trinajstić information content (AvgIpc) is 3.40. The van der Waals surface area contributed by atoms with Crippen LogP contribution in [0.3, 0.4) is 0 Å². The molecule has 26 heavy (non-hydrogen) atoms. The van der Waals surface area contributed by atoms with E-state index < -0.39 is 0 Å². The van der Waals surface area contributed by atoms with Crippen LogP contribution in [0, 0.1) is 12.8 Å². The van der Waals surface area contributed by atoms with Gasteiger partial charge in [0.25, 0.3) is 0 Å². The zero-order valence-electron chi connectivity index (χ0n) is 14.7. The second kappa shape index (κ2) is 6.63. The van der Waals surface area contributed by atoms with Gasteiger partial charge in [-0.1, -0.05) is 0 Å². The Kier molecular flexibility index (Phi) is 4.16. The van der Waals surface area contributed by atoms with Gasteiger partial charge in [0.05, 0.1) is 12.8 Å². The molecule has 0 unspecified atom stereocenters. The van der Waals surface area contributed by atoms with E-state index in [1.165, 1.54) is 5.56 Å². The van der Waals surface area contributed by atoms with Gasteiger partial charge in [-0.3, -0.25) is 9.78 Å². The molecule has 0 spiro atoms. The van der Waals surface area contributed by atoms with E-state index in [0.717, 1.165) is 23.6 Å². The SMILES string of the molecule is COc1ccc(-n2nc(NC(=O)[C@@H]3C[C@H]3c3ccncc3)cc2C)cc1. The number of anilines is 1. The molecule has 132 valence electrons. The van der Waals surface area contributed by atoms with E-state index in [1.807, 2.05) is 54.1 Å². The maximum absolute atomic E-state index is 12.5. The van der Waals surface area contributed by atoms with Crippen LogP contribution in [0.5, 0.6) is 5.75 Å². The maximum Gasteiger partial charge on any atom is 0.229 e. The highest BCUT2D eigenvalue weighted by atomic mass is 16.5. The topological polar surface area (TPSA) is 69.0 Å². The smallest absolute Gasteiger partial charge is 0.229 e. The largest absolute Gasteiger partial charge is 0.497 e. The third-order valence-electron chi connectivity index (χ3n) is 4.72. The Balaban J connectivity index is 1.45. The number of aromatic nitrogens is 3. The van der Waals surface area contributed by atoms with Gasteiger partial charge in [0.2, 0.25) is 5.91 Å². The Morgan fingerprint density at radius 3 is 2.62 bits per heavy atom. The van der Waals surface area contributed by atoms with Crippen LogP contribution in [-0.2, 0) is 4.79 Å². The average molecular weight is 348 g/mol. The minimum absolute atomic E-state index is 0.00356. The third kappa shape index (κ3) is 3.18. The molecule has 1 aliphatic carbocycles. The molecule has 1 aliphatic rings. The number of carbonyl (C=O) groups excluding carboxylic acids is 1. The molecule has 6 nitrogen and oxygen atoms in total. The van der Waals surface area contributed by atoms with Gasteiger partial charge in [0.15, 0.2) is 5.82 Å². The summed E-state index contributed by atoms with van der Waals surface area (Å²) < 4.78 is 6.99. The number of carbonyl (C=O) groups is 1. The Morgan fingerprint density at radius 2 is 1.92 bits per heavy atom. The van der Waals surface area contributed by atoms with E-state index in [4.69, 9.17) is 4.74 Å². The predicted molar refractivity (Wildman–Crippen MR) is 98.6 cm³/mol. The molecule has 1 N–H and O–H groups in total. The monoisotopic (exact) mass is 348 g/mol. The lowest BCUT2D eigenvalue weighted by atomic mass is 10.1. The number of amides is 1. The second-order valence-corrected chi connectivity index (χ2v) is 6.50. The van der Waals surface area contributed by atoms with Gasteiger partial charge in [0, 0.05) is 30.1 Å². The first-order valence-corrected chi connectivity index (χ1v) is 8.57. The van der Waals surface area contributed by atoms with Gasteiger partial charge in [0.1, 0.15) is 5.75 Å². The summed E-state index contributed by atoms with van der Waals surface area (Å²) in [5, 5.41) is 7.46. The van der Waals surface area contributed by atoms with Crippen molar-refractivity contribution in [1.82, 2.24) is 14.8 Å². The van der Waals surface area contributed by atoms with E-state index in [9.17, 15) is 4.79 Å². The number of aryl methyl sites for hydroxylation is 1. The molecule has 1 aromatic carbocycles. The van der Waals surface area contributed by atoms with Crippen molar-refractivity contribution in [2.45, 2.75) is 19.3 Å². The number of rotatable bonds is 5. The molecule has 4 rings (SSSR count). The van der Waals surface area contributed by atoms with Crippen molar-refractivity contribution in [3.8, 4) is 11.4 Å². The molecule has 2 atom stereocenters. The van der Waals surface area contributed by atoms with Crippen LogP contribution in [0.15, 0.2) is 54.9 Å². The van der Waals surface area contributed by atoms with Crippen molar-refractivity contribution < 1.29 is 9.53 Å². The van der Waals surface area contributed by atoms with Crippen molar-refractivity contribution in [2.75, 3.05) is 12.4 Å². The summed E-state index contributed by atoms with van der Waals surface area (Å²) in [5.41, 5.74) is 3.04. The Bertz CT molecular complexity index is 919. The number of nitrogens with zero attached hydrogens (tertiary/aromatic N) is 3. The van der Waals surface area contributed by atoms with E-state index >= 15 is 0 Å². The van der Waals surface area contributed by atoms with Gasteiger partial charge in [-0.25, -0.2) is 4.68 Å². The normalized spacial score (nSPS) is 18.4. The lowest BCUT2D eigenvalue weighted by Crippen LogP contribution is -2.15. The highest BCUT2D eigenvalue weighted by Gasteiger charge is 2.44. The van der Waals surface area contributed by atoms with Gasteiger partial charge >= 0.3 is 0 Å². The molecule has 2 aromatic heterocycles. The summed E-state index contributed by atoms with van der Waals surface area (Å²) in [5.74, 6) is 1.67. The van der Waals surface area contributed by atoms with E-state index in [-0.39, 0.29) is 17.7 Å². The lowest BCUT2D eigenvalue weighted by molar-refractivity contribution is -0.117. The molecule has 0 radical (unpaired) electrons. The van der Waals surface area contributed by atoms with Crippen molar-refractivity contribution in [2.24, 2.45) is 5.92 Å². The molecular weight excluding hydrogens is 328 g/mol. The highest BCUT2D eigenvalue weighted by Crippen LogP contribution is 2.47. The van der Waals surface area contributed by atoms with Gasteiger partial charge < -0.3 is 10.1 Å². The first-order chi connectivity index (χ1) is 12.7. The molecular formula is C20H20N4O2. The summed E-state index contributed by atoms with van der Waals surface area (Å²) >= 11 is 0. The molecule has 0 bridgehead atoms. The number of methoxy groups -OCH3 is 1. The second-order valence-electron chi connectivity index (χ2n) is 6.50. The van der Waals surface area contributed by atoms with Crippen molar-refractivity contribution in [3.63, 3.8) is 0 Å². The van der Waals surface area contributed by atoms with Crippen LogP contribution in [0.1, 0.15) is 23.6 Å². The fraction of sp³-hybridized carbons (Fsp3) is 0.250. The van der Waals surface area contributed by atoms with Crippen molar-refractivity contribution >= 4 is 11.7 Å². The van der Waals surface area contributed by atoms with Crippen LogP contribution < -0.4 is 10.1 Å². The third-order valence-corrected chi connectivity index (χ3v) is 4.72. The van der Waals surface area contributed by atoms with E-state index in [2.05, 4.69) is 15.4 Å². The van der Waals surface area contributed by atoms with Gasteiger partial charge in [-0.2, -0.15) is 0 Å². The summed E-state index contributed by atoms with van der Waals surface area (Å²) in [6, 6.07) is 13.5. The van der Waals surface area contributed by atoms with Gasteiger partial charge in [-0.15, -0.1) is 5.10 Å². The van der Waals surface area contributed by atoms with Crippen LogP contribution in [0.2, 0.25) is 0 Å². The molecule has 3 aromatic rings. The van der Waals surface area contributed by atoms with Crippen LogP contribution in [0.4, 0.5) is 5.82 Å². The summed E-state index contributed by atoms with van der Waals surface area (Å²) in [4.78, 5) is 16.5. The van der Waals surface area contributed by atoms with Gasteiger partial charge in [-0.05, 0) is 61.2 Å². The zero-order chi connectivity index (χ0) is 18.1. The lowest BCUT2D eigenvalue weighted by Gasteiger charge is -2.05. The summed E-state index contributed by atoms with van der Waals surface area (Å²) in [7, 11) is 1.64. The van der Waals surface area contributed by atoms with Crippen LogP contribution >= 0.6 is 0 Å². The summed E-state index contributed by atoms with van der Waals surface area (Å²) in [6.45, 7) is 1.96.